The summed E-state index contributed by atoms with van der Waals surface area (Å²) in [4.78, 5) is 25.1. The zero-order valence-electron chi connectivity index (χ0n) is 19.8. The lowest BCUT2D eigenvalue weighted by Gasteiger charge is -2.35. The van der Waals surface area contributed by atoms with Crippen LogP contribution in [0.3, 0.4) is 0 Å². The average Bonchev–Trinajstić information content (AvgIpc) is 3.08. The second-order valence-corrected chi connectivity index (χ2v) is 10.5. The second kappa shape index (κ2) is 11.8. The van der Waals surface area contributed by atoms with E-state index >= 15 is 0 Å². The number of hydrogen-bond donors (Lipinski definition) is 5. The normalized spacial score (nSPS) is 28.9. The van der Waals surface area contributed by atoms with E-state index in [2.05, 4.69) is 10.4 Å². The molecule has 0 saturated carbocycles. The Kier molecular flexibility index (Phi) is 9.22. The Bertz CT molecular complexity index is 1110. The number of nitrogens with zero attached hydrogens (tertiary/aromatic N) is 1. The van der Waals surface area contributed by atoms with Crippen LogP contribution < -0.4 is 14.9 Å². The summed E-state index contributed by atoms with van der Waals surface area (Å²) in [6.45, 7) is 2.08. The molecule has 1 saturated heterocycles. The number of benzene rings is 1. The first-order chi connectivity index (χ1) is 17.4. The summed E-state index contributed by atoms with van der Waals surface area (Å²) in [7, 11) is -4.31. The highest BCUT2D eigenvalue weighted by Crippen LogP contribution is 2.45. The maximum absolute atomic E-state index is 13.5. The van der Waals surface area contributed by atoms with Gasteiger partial charge in [-0.2, -0.15) is 0 Å². The molecule has 0 bridgehead atoms. The van der Waals surface area contributed by atoms with E-state index in [1.54, 1.807) is 13.8 Å². The third-order valence-corrected chi connectivity index (χ3v) is 6.87. The first-order valence-corrected chi connectivity index (χ1v) is 12.9. The lowest BCUT2D eigenvalue weighted by molar-refractivity contribution is -0.146. The van der Waals surface area contributed by atoms with Gasteiger partial charge in [-0.15, -0.1) is 6.42 Å². The summed E-state index contributed by atoms with van der Waals surface area (Å²) in [5, 5.41) is 36.1. The molecule has 13 nitrogen and oxygen atoms in total. The van der Waals surface area contributed by atoms with Crippen LogP contribution in [0, 0.1) is 12.3 Å². The summed E-state index contributed by atoms with van der Waals surface area (Å²) in [5.74, 6) is 1.36. The third-order valence-electron chi connectivity index (χ3n) is 5.13. The molecular weight excluding hydrogens is 533 g/mol. The Labute approximate surface area is 217 Å². The largest absolute Gasteiger partial charge is 0.462 e. The number of carbonyl (C=O) groups is 2. The number of ether oxygens (including phenoxy) is 2. The first kappa shape index (κ1) is 28.9. The molecule has 15 heteroatoms. The van der Waals surface area contributed by atoms with E-state index in [4.69, 9.17) is 36.5 Å². The SMILES string of the molecule is C#CC1(O)C(O)C(COP(=O)(NCC(=O)OC(C)C)Oc2ccc(Cl)cc2)OC1N1C=CC(O)NC1=O. The van der Waals surface area contributed by atoms with Gasteiger partial charge in [-0.05, 0) is 44.2 Å². The summed E-state index contributed by atoms with van der Waals surface area (Å²) >= 11 is 5.87. The van der Waals surface area contributed by atoms with Gasteiger partial charge in [0.1, 0.15) is 30.7 Å². The molecule has 1 aromatic carbocycles. The van der Waals surface area contributed by atoms with Crippen molar-refractivity contribution in [1.82, 2.24) is 15.3 Å². The van der Waals surface area contributed by atoms with Crippen LogP contribution in [0.25, 0.3) is 0 Å². The molecule has 2 aliphatic rings. The number of aliphatic hydroxyl groups excluding tert-OH is 2. The van der Waals surface area contributed by atoms with Gasteiger partial charge in [0.15, 0.2) is 11.8 Å². The van der Waals surface area contributed by atoms with Gasteiger partial charge in [0.05, 0.1) is 12.7 Å². The Hall–Kier alpha value is -2.66. The summed E-state index contributed by atoms with van der Waals surface area (Å²) in [5.41, 5.74) is -2.40. The molecule has 2 amide bonds. The maximum Gasteiger partial charge on any atom is 0.459 e. The molecule has 0 spiro atoms. The van der Waals surface area contributed by atoms with E-state index in [0.717, 1.165) is 11.1 Å². The number of terminal acetylenes is 1. The van der Waals surface area contributed by atoms with Crippen LogP contribution >= 0.6 is 19.3 Å². The fourth-order valence-corrected chi connectivity index (χ4v) is 4.79. The number of amides is 2. The highest BCUT2D eigenvalue weighted by Gasteiger charge is 2.58. The number of nitrogens with one attached hydrogen (secondary N) is 2. The van der Waals surface area contributed by atoms with Crippen molar-refractivity contribution >= 4 is 31.3 Å². The molecule has 0 aliphatic carbocycles. The maximum atomic E-state index is 13.5. The third kappa shape index (κ3) is 7.01. The Balaban J connectivity index is 1.77. The van der Waals surface area contributed by atoms with E-state index in [1.165, 1.54) is 30.3 Å². The topological polar surface area (TPSA) is 176 Å². The Morgan fingerprint density at radius 2 is 2.05 bits per heavy atom. The van der Waals surface area contributed by atoms with E-state index in [9.17, 15) is 29.5 Å². The number of aliphatic hydroxyl groups is 3. The molecular formula is C22H27ClN3O10P. The lowest BCUT2D eigenvalue weighted by Crippen LogP contribution is -2.58. The number of esters is 1. The minimum absolute atomic E-state index is 0.0806. The molecule has 3 rings (SSSR count). The minimum atomic E-state index is -4.31. The Morgan fingerprint density at radius 1 is 1.38 bits per heavy atom. The molecule has 5 N–H and O–H groups in total. The van der Waals surface area contributed by atoms with Crippen molar-refractivity contribution < 1.29 is 48.0 Å². The van der Waals surface area contributed by atoms with Crippen LogP contribution in [-0.4, -0.2) is 81.7 Å². The van der Waals surface area contributed by atoms with Gasteiger partial charge >= 0.3 is 19.7 Å². The molecule has 0 radical (unpaired) electrons. The van der Waals surface area contributed by atoms with E-state index < -0.39 is 69.3 Å². The average molecular weight is 560 g/mol. The van der Waals surface area contributed by atoms with Crippen LogP contribution in [0.4, 0.5) is 4.79 Å². The highest BCUT2D eigenvalue weighted by atomic mass is 35.5. The van der Waals surface area contributed by atoms with Crippen LogP contribution in [0.1, 0.15) is 13.8 Å². The molecule has 2 heterocycles. The van der Waals surface area contributed by atoms with Gasteiger partial charge in [-0.1, -0.05) is 17.5 Å². The fourth-order valence-electron chi connectivity index (χ4n) is 3.39. The molecule has 37 heavy (non-hydrogen) atoms. The first-order valence-electron chi connectivity index (χ1n) is 11.0. The van der Waals surface area contributed by atoms with Crippen molar-refractivity contribution in [3.63, 3.8) is 0 Å². The van der Waals surface area contributed by atoms with Gasteiger partial charge in [0, 0.05) is 11.2 Å². The number of urea groups is 1. The monoisotopic (exact) mass is 559 g/mol. The van der Waals surface area contributed by atoms with Crippen molar-refractivity contribution in [1.29, 1.82) is 0 Å². The standard InChI is InChI=1S/C22H27ClN3O10P/c1-4-22(31)19(29)16(35-20(22)26-10-9-17(27)25-21(26)30)12-33-37(32,24-11-18(28)34-13(2)3)36-15-7-5-14(23)6-8-15/h1,5-10,13,16-17,19-20,27,29,31H,11-12H2,2-3H3,(H,24,32)(H,25,30). The predicted molar refractivity (Wildman–Crippen MR) is 129 cm³/mol. The van der Waals surface area contributed by atoms with Crippen LogP contribution in [0.2, 0.25) is 5.02 Å². The molecule has 1 fully saturated rings. The van der Waals surface area contributed by atoms with E-state index in [-0.39, 0.29) is 5.75 Å². The molecule has 202 valence electrons. The predicted octanol–water partition coefficient (Wildman–Crippen LogP) is 0.692. The van der Waals surface area contributed by atoms with Crippen LogP contribution in [0.15, 0.2) is 36.5 Å². The summed E-state index contributed by atoms with van der Waals surface area (Å²) in [6.07, 6.45) is 1.28. The number of hydrogen-bond acceptors (Lipinski definition) is 10. The number of carbonyl (C=O) groups excluding carboxylic acids is 2. The lowest BCUT2D eigenvalue weighted by atomic mass is 9.94. The molecule has 0 aromatic heterocycles. The van der Waals surface area contributed by atoms with E-state index in [0.29, 0.717) is 5.02 Å². The molecule has 1 aromatic rings. The van der Waals surface area contributed by atoms with Crippen molar-refractivity contribution in [3.8, 4) is 18.1 Å². The van der Waals surface area contributed by atoms with Gasteiger partial charge < -0.3 is 34.6 Å². The van der Waals surface area contributed by atoms with Gasteiger partial charge in [-0.25, -0.2) is 14.4 Å². The Morgan fingerprint density at radius 3 is 2.65 bits per heavy atom. The van der Waals surface area contributed by atoms with Gasteiger partial charge in [0.2, 0.25) is 0 Å². The van der Waals surface area contributed by atoms with Crippen molar-refractivity contribution in [2.75, 3.05) is 13.2 Å². The van der Waals surface area contributed by atoms with Gasteiger partial charge in [0.25, 0.3) is 0 Å². The summed E-state index contributed by atoms with van der Waals surface area (Å²) < 4.78 is 35.0. The van der Waals surface area contributed by atoms with Gasteiger partial charge in [-0.3, -0.25) is 14.2 Å². The van der Waals surface area contributed by atoms with E-state index in [1.807, 2.05) is 5.92 Å². The smallest absolute Gasteiger partial charge is 0.459 e. The molecule has 6 atom stereocenters. The molecule has 2 aliphatic heterocycles. The zero-order chi connectivity index (χ0) is 27.4. The minimum Gasteiger partial charge on any atom is -0.462 e. The second-order valence-electron chi connectivity index (χ2n) is 8.30. The number of halogens is 1. The van der Waals surface area contributed by atoms with Crippen molar-refractivity contribution in [3.05, 3.63) is 41.6 Å². The van der Waals surface area contributed by atoms with Crippen molar-refractivity contribution in [2.24, 2.45) is 0 Å². The zero-order valence-corrected chi connectivity index (χ0v) is 21.5. The molecule has 6 unspecified atom stereocenters. The van der Waals surface area contributed by atoms with Crippen LogP contribution in [0.5, 0.6) is 5.75 Å². The summed E-state index contributed by atoms with van der Waals surface area (Å²) in [6, 6.07) is 4.92. The highest BCUT2D eigenvalue weighted by molar-refractivity contribution is 7.52. The van der Waals surface area contributed by atoms with Crippen molar-refractivity contribution in [2.45, 2.75) is 50.2 Å². The fraction of sp³-hybridized carbons (Fsp3) is 0.455. The quantitative estimate of drug-likeness (QED) is 0.155. The number of rotatable bonds is 10. The van der Waals surface area contributed by atoms with Crippen LogP contribution in [-0.2, 0) is 23.4 Å².